The number of rotatable bonds is 4. The van der Waals surface area contributed by atoms with Gasteiger partial charge in [0.25, 0.3) is 0 Å². The molecule has 0 heterocycles. The standard InChI is InChI=1S/C9H10O8/c10-6(11)2-1-3(7(12)13)5(9(16)17)4(2)8(14)15/h2-5H,1H2,(H,10,11)(H,12,13)(H,14,15)(H,16,17)/t2-,3+,4-,5+. The summed E-state index contributed by atoms with van der Waals surface area (Å²) < 4.78 is 0. The van der Waals surface area contributed by atoms with Gasteiger partial charge in [0.05, 0.1) is 23.7 Å². The second-order valence-corrected chi connectivity index (χ2v) is 3.85. The highest BCUT2D eigenvalue weighted by Gasteiger charge is 2.56. The molecule has 0 aromatic heterocycles. The topological polar surface area (TPSA) is 149 Å². The molecule has 8 nitrogen and oxygen atoms in total. The van der Waals surface area contributed by atoms with Gasteiger partial charge in [-0.2, -0.15) is 0 Å². The van der Waals surface area contributed by atoms with E-state index < -0.39 is 54.0 Å². The van der Waals surface area contributed by atoms with Crippen LogP contribution in [-0.2, 0) is 19.2 Å². The molecular weight excluding hydrogens is 236 g/mol. The van der Waals surface area contributed by atoms with Crippen LogP contribution in [0.25, 0.3) is 0 Å². The lowest BCUT2D eigenvalue weighted by Crippen LogP contribution is -2.35. The second kappa shape index (κ2) is 4.40. The van der Waals surface area contributed by atoms with Gasteiger partial charge in [-0.25, -0.2) is 0 Å². The van der Waals surface area contributed by atoms with Gasteiger partial charge < -0.3 is 20.4 Å². The van der Waals surface area contributed by atoms with Crippen LogP contribution in [0.1, 0.15) is 6.42 Å². The predicted molar refractivity (Wildman–Crippen MR) is 49.1 cm³/mol. The van der Waals surface area contributed by atoms with Crippen LogP contribution in [-0.4, -0.2) is 44.3 Å². The van der Waals surface area contributed by atoms with Crippen LogP contribution in [0.5, 0.6) is 0 Å². The molecule has 17 heavy (non-hydrogen) atoms. The number of hydrogen-bond acceptors (Lipinski definition) is 4. The van der Waals surface area contributed by atoms with E-state index in [4.69, 9.17) is 20.4 Å². The summed E-state index contributed by atoms with van der Waals surface area (Å²) in [6.45, 7) is 0. The largest absolute Gasteiger partial charge is 0.481 e. The van der Waals surface area contributed by atoms with Crippen LogP contribution < -0.4 is 0 Å². The van der Waals surface area contributed by atoms with Gasteiger partial charge in [0, 0.05) is 0 Å². The summed E-state index contributed by atoms with van der Waals surface area (Å²) >= 11 is 0. The molecule has 4 atom stereocenters. The van der Waals surface area contributed by atoms with E-state index in [2.05, 4.69) is 0 Å². The predicted octanol–water partition coefficient (Wildman–Crippen LogP) is -0.807. The van der Waals surface area contributed by atoms with Crippen LogP contribution in [0.4, 0.5) is 0 Å². The zero-order valence-corrected chi connectivity index (χ0v) is 8.44. The van der Waals surface area contributed by atoms with E-state index in [0.717, 1.165) is 0 Å². The number of hydrogen-bond donors (Lipinski definition) is 4. The van der Waals surface area contributed by atoms with Crippen molar-refractivity contribution in [2.24, 2.45) is 23.7 Å². The molecule has 0 aliphatic heterocycles. The smallest absolute Gasteiger partial charge is 0.308 e. The minimum atomic E-state index is -1.72. The second-order valence-electron chi connectivity index (χ2n) is 3.85. The summed E-state index contributed by atoms with van der Waals surface area (Å²) in [7, 11) is 0. The van der Waals surface area contributed by atoms with Crippen LogP contribution in [0.2, 0.25) is 0 Å². The molecule has 0 spiro atoms. The molecule has 1 rings (SSSR count). The number of carbonyl (C=O) groups is 4. The summed E-state index contributed by atoms with van der Waals surface area (Å²) in [4.78, 5) is 43.4. The highest BCUT2D eigenvalue weighted by Crippen LogP contribution is 2.42. The fourth-order valence-corrected chi connectivity index (χ4v) is 2.23. The number of aliphatic carboxylic acids is 4. The summed E-state index contributed by atoms with van der Waals surface area (Å²) in [5.74, 6) is -12.6. The van der Waals surface area contributed by atoms with Crippen molar-refractivity contribution in [2.45, 2.75) is 6.42 Å². The molecule has 0 amide bonds. The van der Waals surface area contributed by atoms with Crippen LogP contribution >= 0.6 is 0 Å². The van der Waals surface area contributed by atoms with Gasteiger partial charge in [-0.05, 0) is 6.42 Å². The molecule has 1 aliphatic rings. The first-order valence-electron chi connectivity index (χ1n) is 4.68. The molecule has 1 fully saturated rings. The Morgan fingerprint density at radius 2 is 0.941 bits per heavy atom. The first-order valence-corrected chi connectivity index (χ1v) is 4.68. The Morgan fingerprint density at radius 3 is 1.12 bits per heavy atom. The molecular formula is C9H10O8. The van der Waals surface area contributed by atoms with Gasteiger partial charge >= 0.3 is 23.9 Å². The van der Waals surface area contributed by atoms with Gasteiger partial charge in [0.2, 0.25) is 0 Å². The Hall–Kier alpha value is -2.12. The fourth-order valence-electron chi connectivity index (χ4n) is 2.23. The normalized spacial score (nSPS) is 32.0. The van der Waals surface area contributed by atoms with E-state index in [9.17, 15) is 19.2 Å². The van der Waals surface area contributed by atoms with Crippen LogP contribution in [0.3, 0.4) is 0 Å². The first kappa shape index (κ1) is 12.9. The maximum atomic E-state index is 10.9. The Balaban J connectivity index is 3.17. The Kier molecular flexibility index (Phi) is 3.35. The number of carboxylic acid groups (broad SMARTS) is 4. The lowest BCUT2D eigenvalue weighted by Gasteiger charge is -2.16. The minimum absolute atomic E-state index is 0.488. The highest BCUT2D eigenvalue weighted by atomic mass is 16.4. The maximum absolute atomic E-state index is 10.9. The van der Waals surface area contributed by atoms with Crippen molar-refractivity contribution < 1.29 is 39.6 Å². The van der Waals surface area contributed by atoms with E-state index >= 15 is 0 Å². The SMILES string of the molecule is O=C(O)[C@@H]1[C@H](C(=O)O)[C@H](C(=O)O)C[C@@H]1C(=O)O. The van der Waals surface area contributed by atoms with Gasteiger partial charge in [0.15, 0.2) is 0 Å². The van der Waals surface area contributed by atoms with Gasteiger partial charge in [-0.1, -0.05) is 0 Å². The van der Waals surface area contributed by atoms with Crippen molar-refractivity contribution >= 4 is 23.9 Å². The lowest BCUT2D eigenvalue weighted by molar-refractivity contribution is -0.160. The molecule has 1 aliphatic carbocycles. The van der Waals surface area contributed by atoms with Crippen molar-refractivity contribution in [3.8, 4) is 0 Å². The Labute approximate surface area is 94.5 Å². The van der Waals surface area contributed by atoms with Crippen molar-refractivity contribution in [3.63, 3.8) is 0 Å². The minimum Gasteiger partial charge on any atom is -0.481 e. The van der Waals surface area contributed by atoms with E-state index in [0.29, 0.717) is 0 Å². The Morgan fingerprint density at radius 1 is 0.647 bits per heavy atom. The summed E-state index contributed by atoms with van der Waals surface area (Å²) in [5.41, 5.74) is 0. The third-order valence-electron chi connectivity index (χ3n) is 2.97. The van der Waals surface area contributed by atoms with E-state index in [1.807, 2.05) is 0 Å². The molecule has 0 radical (unpaired) electrons. The Bertz CT molecular complexity index is 350. The molecule has 0 saturated heterocycles. The van der Waals surface area contributed by atoms with Gasteiger partial charge in [0.1, 0.15) is 0 Å². The van der Waals surface area contributed by atoms with Crippen molar-refractivity contribution in [1.82, 2.24) is 0 Å². The average Bonchev–Trinajstić information content (AvgIpc) is 2.56. The fraction of sp³-hybridized carbons (Fsp3) is 0.556. The molecule has 0 aromatic carbocycles. The van der Waals surface area contributed by atoms with Gasteiger partial charge in [-0.3, -0.25) is 19.2 Å². The first-order chi connectivity index (χ1) is 7.77. The third-order valence-corrected chi connectivity index (χ3v) is 2.97. The summed E-state index contributed by atoms with van der Waals surface area (Å²) in [6.07, 6.45) is -0.488. The van der Waals surface area contributed by atoms with Crippen molar-refractivity contribution in [2.75, 3.05) is 0 Å². The summed E-state index contributed by atoms with van der Waals surface area (Å²) in [5, 5.41) is 35.2. The van der Waals surface area contributed by atoms with E-state index in [1.54, 1.807) is 0 Å². The molecule has 94 valence electrons. The van der Waals surface area contributed by atoms with Crippen molar-refractivity contribution in [1.29, 1.82) is 0 Å². The molecule has 1 saturated carbocycles. The highest BCUT2D eigenvalue weighted by molar-refractivity contribution is 5.90. The molecule has 4 N–H and O–H groups in total. The van der Waals surface area contributed by atoms with Crippen LogP contribution in [0.15, 0.2) is 0 Å². The maximum Gasteiger partial charge on any atom is 0.308 e. The molecule has 0 bridgehead atoms. The third kappa shape index (κ3) is 2.19. The molecule has 0 aromatic rings. The zero-order chi connectivity index (χ0) is 13.3. The average molecular weight is 246 g/mol. The zero-order valence-electron chi connectivity index (χ0n) is 8.44. The van der Waals surface area contributed by atoms with E-state index in [1.165, 1.54) is 0 Å². The van der Waals surface area contributed by atoms with Crippen molar-refractivity contribution in [3.05, 3.63) is 0 Å². The summed E-state index contributed by atoms with van der Waals surface area (Å²) in [6, 6.07) is 0. The molecule has 0 unspecified atom stereocenters. The van der Waals surface area contributed by atoms with E-state index in [-0.39, 0.29) is 0 Å². The number of carboxylic acids is 4. The monoisotopic (exact) mass is 246 g/mol. The molecule has 8 heteroatoms. The lowest BCUT2D eigenvalue weighted by atomic mass is 9.87. The van der Waals surface area contributed by atoms with Crippen LogP contribution in [0, 0.1) is 23.7 Å². The quantitative estimate of drug-likeness (QED) is 0.503. The van der Waals surface area contributed by atoms with Gasteiger partial charge in [-0.15, -0.1) is 0 Å².